The molecule has 1 heterocycles. The molecule has 1 amide bonds. The van der Waals surface area contributed by atoms with Crippen LogP contribution in [-0.4, -0.2) is 16.7 Å². The summed E-state index contributed by atoms with van der Waals surface area (Å²) in [5.41, 5.74) is 1.68. The molecule has 4 nitrogen and oxygen atoms in total. The number of fused-ring (bicyclic) bond motifs is 1. The standard InChI is InChI=1S/C14H18N2O2/c1-14(2,3)18-13(17)16-9-10-4-5-12-11(8-10)6-7-15-12/h4-8,15H,9H2,1-3H3,(H,16,17). The van der Waals surface area contributed by atoms with E-state index in [0.29, 0.717) is 6.54 Å². The molecule has 0 spiro atoms. The number of carbonyl (C=O) groups is 1. The van der Waals surface area contributed by atoms with Crippen molar-refractivity contribution in [2.75, 3.05) is 0 Å². The highest BCUT2D eigenvalue weighted by Gasteiger charge is 2.15. The van der Waals surface area contributed by atoms with Gasteiger partial charge < -0.3 is 15.0 Å². The van der Waals surface area contributed by atoms with Gasteiger partial charge in [-0.2, -0.15) is 0 Å². The molecular formula is C14H18N2O2. The maximum Gasteiger partial charge on any atom is 0.407 e. The summed E-state index contributed by atoms with van der Waals surface area (Å²) in [4.78, 5) is 14.6. The number of ether oxygens (including phenoxy) is 1. The predicted molar refractivity (Wildman–Crippen MR) is 71.4 cm³/mol. The summed E-state index contributed by atoms with van der Waals surface area (Å²) in [7, 11) is 0. The lowest BCUT2D eigenvalue weighted by molar-refractivity contribution is 0.0523. The van der Waals surface area contributed by atoms with Gasteiger partial charge in [-0.25, -0.2) is 4.79 Å². The highest BCUT2D eigenvalue weighted by molar-refractivity contribution is 5.80. The molecule has 1 aromatic carbocycles. The Morgan fingerprint density at radius 3 is 2.83 bits per heavy atom. The number of amides is 1. The monoisotopic (exact) mass is 246 g/mol. The Balaban J connectivity index is 1.95. The molecule has 2 rings (SSSR count). The molecule has 96 valence electrons. The minimum Gasteiger partial charge on any atom is -0.444 e. The van der Waals surface area contributed by atoms with Crippen LogP contribution in [0.2, 0.25) is 0 Å². The van der Waals surface area contributed by atoms with E-state index in [1.165, 1.54) is 0 Å². The Hall–Kier alpha value is -1.97. The van der Waals surface area contributed by atoms with Crippen LogP contribution in [0.3, 0.4) is 0 Å². The van der Waals surface area contributed by atoms with Gasteiger partial charge in [-0.05, 0) is 49.9 Å². The number of carbonyl (C=O) groups excluding carboxylic acids is 1. The molecule has 0 atom stereocenters. The Morgan fingerprint density at radius 2 is 2.11 bits per heavy atom. The van der Waals surface area contributed by atoms with Gasteiger partial charge in [0.1, 0.15) is 5.60 Å². The van der Waals surface area contributed by atoms with Crippen LogP contribution in [0, 0.1) is 0 Å². The van der Waals surface area contributed by atoms with E-state index in [4.69, 9.17) is 4.74 Å². The molecule has 0 aliphatic carbocycles. The quantitative estimate of drug-likeness (QED) is 0.855. The van der Waals surface area contributed by atoms with Crippen LogP contribution in [-0.2, 0) is 11.3 Å². The molecule has 4 heteroatoms. The third-order valence-electron chi connectivity index (χ3n) is 2.45. The first-order chi connectivity index (χ1) is 8.44. The van der Waals surface area contributed by atoms with Gasteiger partial charge in [0.15, 0.2) is 0 Å². The molecule has 1 aromatic heterocycles. The SMILES string of the molecule is CC(C)(C)OC(=O)NCc1ccc2[nH]ccc2c1. The number of alkyl carbamates (subject to hydrolysis) is 1. The van der Waals surface area contributed by atoms with Crippen molar-refractivity contribution in [3.63, 3.8) is 0 Å². The number of rotatable bonds is 2. The van der Waals surface area contributed by atoms with E-state index in [1.54, 1.807) is 0 Å². The topological polar surface area (TPSA) is 54.1 Å². The first-order valence-electron chi connectivity index (χ1n) is 5.97. The van der Waals surface area contributed by atoms with E-state index in [1.807, 2.05) is 51.2 Å². The fraction of sp³-hybridized carbons (Fsp3) is 0.357. The highest BCUT2D eigenvalue weighted by atomic mass is 16.6. The van der Waals surface area contributed by atoms with Crippen molar-refractivity contribution in [1.82, 2.24) is 10.3 Å². The van der Waals surface area contributed by atoms with Crippen LogP contribution in [0.25, 0.3) is 10.9 Å². The van der Waals surface area contributed by atoms with Crippen molar-refractivity contribution in [3.05, 3.63) is 36.0 Å². The third-order valence-corrected chi connectivity index (χ3v) is 2.45. The lowest BCUT2D eigenvalue weighted by Gasteiger charge is -2.19. The Bertz CT molecular complexity index is 552. The summed E-state index contributed by atoms with van der Waals surface area (Å²) in [6.07, 6.45) is 1.51. The average Bonchev–Trinajstić information content (AvgIpc) is 2.71. The van der Waals surface area contributed by atoms with E-state index in [2.05, 4.69) is 10.3 Å². The number of H-pyrrole nitrogens is 1. The molecular weight excluding hydrogens is 228 g/mol. The Morgan fingerprint density at radius 1 is 1.33 bits per heavy atom. The van der Waals surface area contributed by atoms with Gasteiger partial charge in [-0.1, -0.05) is 6.07 Å². The first kappa shape index (κ1) is 12.5. The van der Waals surface area contributed by atoms with Gasteiger partial charge in [0.2, 0.25) is 0 Å². The lowest BCUT2D eigenvalue weighted by atomic mass is 10.1. The van der Waals surface area contributed by atoms with Crippen molar-refractivity contribution in [2.24, 2.45) is 0 Å². The predicted octanol–water partition coefficient (Wildman–Crippen LogP) is 3.19. The Labute approximate surface area is 106 Å². The summed E-state index contributed by atoms with van der Waals surface area (Å²) in [6, 6.07) is 8.03. The van der Waals surface area contributed by atoms with Crippen molar-refractivity contribution in [3.8, 4) is 0 Å². The van der Waals surface area contributed by atoms with E-state index in [0.717, 1.165) is 16.5 Å². The average molecular weight is 246 g/mol. The highest BCUT2D eigenvalue weighted by Crippen LogP contribution is 2.14. The zero-order valence-corrected chi connectivity index (χ0v) is 10.9. The fourth-order valence-corrected chi connectivity index (χ4v) is 1.70. The molecule has 0 saturated heterocycles. The maximum absolute atomic E-state index is 11.5. The molecule has 0 aliphatic rings. The molecule has 18 heavy (non-hydrogen) atoms. The van der Waals surface area contributed by atoms with E-state index < -0.39 is 11.7 Å². The second kappa shape index (κ2) is 4.72. The van der Waals surface area contributed by atoms with Crippen molar-refractivity contribution in [2.45, 2.75) is 32.9 Å². The van der Waals surface area contributed by atoms with Crippen LogP contribution >= 0.6 is 0 Å². The molecule has 0 saturated carbocycles. The van der Waals surface area contributed by atoms with E-state index in [9.17, 15) is 4.79 Å². The van der Waals surface area contributed by atoms with Crippen molar-refractivity contribution >= 4 is 17.0 Å². The summed E-state index contributed by atoms with van der Waals surface area (Å²) in [6.45, 7) is 6.01. The number of aromatic amines is 1. The van der Waals surface area contributed by atoms with Crippen LogP contribution in [0.1, 0.15) is 26.3 Å². The van der Waals surface area contributed by atoms with Crippen molar-refractivity contribution in [1.29, 1.82) is 0 Å². The number of hydrogen-bond acceptors (Lipinski definition) is 2. The van der Waals surface area contributed by atoms with E-state index >= 15 is 0 Å². The van der Waals surface area contributed by atoms with Gasteiger partial charge in [0.25, 0.3) is 0 Å². The van der Waals surface area contributed by atoms with Crippen LogP contribution < -0.4 is 5.32 Å². The molecule has 0 radical (unpaired) electrons. The molecule has 2 N–H and O–H groups in total. The van der Waals surface area contributed by atoms with Gasteiger partial charge in [-0.3, -0.25) is 0 Å². The minimum atomic E-state index is -0.464. The third kappa shape index (κ3) is 3.26. The number of benzene rings is 1. The lowest BCUT2D eigenvalue weighted by Crippen LogP contribution is -2.32. The molecule has 0 bridgehead atoms. The molecule has 2 aromatic rings. The second-order valence-corrected chi connectivity index (χ2v) is 5.25. The second-order valence-electron chi connectivity index (χ2n) is 5.25. The van der Waals surface area contributed by atoms with Gasteiger partial charge >= 0.3 is 6.09 Å². The molecule has 0 unspecified atom stereocenters. The largest absolute Gasteiger partial charge is 0.444 e. The fourth-order valence-electron chi connectivity index (χ4n) is 1.70. The van der Waals surface area contributed by atoms with E-state index in [-0.39, 0.29) is 0 Å². The van der Waals surface area contributed by atoms with Crippen LogP contribution in [0.4, 0.5) is 4.79 Å². The number of aromatic nitrogens is 1. The summed E-state index contributed by atoms with van der Waals surface area (Å²) >= 11 is 0. The smallest absolute Gasteiger partial charge is 0.407 e. The Kier molecular flexibility index (Phi) is 3.28. The van der Waals surface area contributed by atoms with Gasteiger partial charge in [0, 0.05) is 18.3 Å². The number of nitrogens with one attached hydrogen (secondary N) is 2. The van der Waals surface area contributed by atoms with Gasteiger partial charge in [-0.15, -0.1) is 0 Å². The first-order valence-corrected chi connectivity index (χ1v) is 5.97. The molecule has 0 fully saturated rings. The molecule has 0 aliphatic heterocycles. The zero-order chi connectivity index (χ0) is 13.2. The van der Waals surface area contributed by atoms with Crippen molar-refractivity contribution < 1.29 is 9.53 Å². The van der Waals surface area contributed by atoms with Crippen LogP contribution in [0.5, 0.6) is 0 Å². The normalized spacial score (nSPS) is 11.5. The zero-order valence-electron chi connectivity index (χ0n) is 10.9. The van der Waals surface area contributed by atoms with Gasteiger partial charge in [0.05, 0.1) is 0 Å². The minimum absolute atomic E-state index is 0.392. The summed E-state index contributed by atoms with van der Waals surface area (Å²) in [5, 5.41) is 3.88. The van der Waals surface area contributed by atoms with Crippen LogP contribution in [0.15, 0.2) is 30.5 Å². The number of hydrogen-bond donors (Lipinski definition) is 2. The summed E-state index contributed by atoms with van der Waals surface area (Å²) < 4.78 is 5.18. The summed E-state index contributed by atoms with van der Waals surface area (Å²) in [5.74, 6) is 0. The maximum atomic E-state index is 11.5.